The molecule has 22 heteroatoms. The summed E-state index contributed by atoms with van der Waals surface area (Å²) in [4.78, 5) is 2.39. The predicted octanol–water partition coefficient (Wildman–Crippen LogP) is 8.19. The Kier molecular flexibility index (Phi) is 45.3. The minimum Gasteiger partial charge on any atom is -0.494 e. The molecule has 2 heterocycles. The molecular formula is C58H91N9O13. The molecule has 80 heavy (non-hydrogen) atoms. The highest BCUT2D eigenvalue weighted by Crippen LogP contribution is 2.25. The van der Waals surface area contributed by atoms with Gasteiger partial charge in [0, 0.05) is 94.7 Å². The van der Waals surface area contributed by atoms with Crippen LogP contribution in [0.25, 0.3) is 10.4 Å². The van der Waals surface area contributed by atoms with Crippen LogP contribution < -0.4 is 9.47 Å². The molecule has 0 unspecified atom stereocenters. The number of aliphatic hydroxyl groups excluding tert-OH is 3. The van der Waals surface area contributed by atoms with Gasteiger partial charge in [-0.05, 0) is 55.5 Å². The molecule has 4 rings (SSSR count). The second-order valence-electron chi connectivity index (χ2n) is 17.9. The van der Waals surface area contributed by atoms with E-state index in [4.69, 9.17) is 81.1 Å². The highest BCUT2D eigenvalue weighted by atomic mass is 16.7. The fraction of sp³-hybridized carbons (Fsp3) is 0.655. The van der Waals surface area contributed by atoms with Crippen molar-refractivity contribution in [3.05, 3.63) is 93.9 Å². The van der Waals surface area contributed by atoms with Crippen molar-refractivity contribution in [3.8, 4) is 36.2 Å². The standard InChI is InChI=1S/C30H48N6O7.C26H38O5.C2H5N3O/c1-39-22-23-40-18-6-4-2-3-5-7-19-41-29-10-8-26(9-11-29)30(42-20-12-27-24-35(14-16-37)33-31-27)43-21-13-28-25-36(15-17-38)34-32-28;1-4-6-19-30-26(31-20-7-5-2)24-14-16-25(17-15-24)29-21-13-11-9-8-10-12-18-28-23-22-27-3;3-5-4-1-2-6/h8-11,24-25,30,37-38H,2-7,12-23H2,1H3;1-2,14-17,26H,6-13,18-23H2,3H3;6H,1-2H2. The van der Waals surface area contributed by atoms with E-state index in [1.165, 1.54) is 44.9 Å². The third-order valence-corrected chi connectivity index (χ3v) is 11.5. The third-order valence-electron chi connectivity index (χ3n) is 11.5. The summed E-state index contributed by atoms with van der Waals surface area (Å²) in [6.07, 6.45) is 29.2. The van der Waals surface area contributed by atoms with Gasteiger partial charge in [0.15, 0.2) is 12.6 Å². The second kappa shape index (κ2) is 51.5. The number of terminal acetylenes is 2. The van der Waals surface area contributed by atoms with Crippen LogP contribution in [0.1, 0.15) is 125 Å². The molecular weight excluding hydrogens is 1030 g/mol. The van der Waals surface area contributed by atoms with Crippen molar-refractivity contribution in [1.82, 2.24) is 30.0 Å². The molecule has 2 aromatic carbocycles. The molecule has 0 aliphatic heterocycles. The summed E-state index contributed by atoms with van der Waals surface area (Å²) < 4.78 is 59.6. The molecule has 4 aromatic rings. The Morgan fingerprint density at radius 2 is 0.900 bits per heavy atom. The lowest BCUT2D eigenvalue weighted by atomic mass is 10.1. The quantitative estimate of drug-likeness (QED) is 0.00940. The molecule has 446 valence electrons. The van der Waals surface area contributed by atoms with Crippen LogP contribution in [-0.4, -0.2) is 165 Å². The summed E-state index contributed by atoms with van der Waals surface area (Å²) in [6.45, 7) is 8.31. The Labute approximate surface area is 474 Å². The van der Waals surface area contributed by atoms with E-state index in [0.29, 0.717) is 98.2 Å². The van der Waals surface area contributed by atoms with Crippen molar-refractivity contribution in [1.29, 1.82) is 0 Å². The number of ether oxygens (including phenoxy) is 10. The van der Waals surface area contributed by atoms with Gasteiger partial charge >= 0.3 is 0 Å². The number of hydrogen-bond donors (Lipinski definition) is 3. The first-order valence-corrected chi connectivity index (χ1v) is 28.0. The van der Waals surface area contributed by atoms with Crippen molar-refractivity contribution in [3.63, 3.8) is 0 Å². The molecule has 0 spiro atoms. The zero-order valence-electron chi connectivity index (χ0n) is 47.6. The normalized spacial score (nSPS) is 10.9. The summed E-state index contributed by atoms with van der Waals surface area (Å²) in [5.74, 6) is 6.80. The van der Waals surface area contributed by atoms with Gasteiger partial charge in [0.25, 0.3) is 0 Å². The van der Waals surface area contributed by atoms with E-state index >= 15 is 0 Å². The molecule has 0 bridgehead atoms. The van der Waals surface area contributed by atoms with E-state index in [0.717, 1.165) is 85.9 Å². The highest BCUT2D eigenvalue weighted by molar-refractivity contribution is 5.29. The van der Waals surface area contributed by atoms with Gasteiger partial charge in [0.05, 0.1) is 104 Å². The number of aliphatic hydroxyl groups is 3. The Bertz CT molecular complexity index is 2090. The zero-order valence-corrected chi connectivity index (χ0v) is 47.6. The van der Waals surface area contributed by atoms with Crippen molar-refractivity contribution < 1.29 is 62.7 Å². The van der Waals surface area contributed by atoms with Gasteiger partial charge < -0.3 is 62.7 Å². The fourth-order valence-electron chi connectivity index (χ4n) is 7.23. The lowest BCUT2D eigenvalue weighted by Crippen LogP contribution is -2.13. The number of rotatable bonds is 48. The first kappa shape index (κ1) is 70.4. The van der Waals surface area contributed by atoms with Crippen molar-refractivity contribution in [2.45, 2.75) is 128 Å². The molecule has 2 aromatic heterocycles. The lowest BCUT2D eigenvalue weighted by molar-refractivity contribution is -0.145. The minimum atomic E-state index is -0.584. The van der Waals surface area contributed by atoms with Crippen molar-refractivity contribution in [2.75, 3.05) is 120 Å². The van der Waals surface area contributed by atoms with Crippen LogP contribution in [-0.2, 0) is 63.8 Å². The summed E-state index contributed by atoms with van der Waals surface area (Å²) in [5, 5.41) is 45.4. The first-order chi connectivity index (χ1) is 39.4. The van der Waals surface area contributed by atoms with Crippen LogP contribution in [0.3, 0.4) is 0 Å². The topological polar surface area (TPSA) is 263 Å². The van der Waals surface area contributed by atoms with Gasteiger partial charge in [-0.2, -0.15) is 0 Å². The van der Waals surface area contributed by atoms with Gasteiger partial charge in [-0.15, -0.1) is 34.9 Å². The zero-order chi connectivity index (χ0) is 57.6. The van der Waals surface area contributed by atoms with E-state index in [2.05, 4.69) is 42.5 Å². The summed E-state index contributed by atoms with van der Waals surface area (Å²) in [5.41, 5.74) is 10.9. The first-order valence-electron chi connectivity index (χ1n) is 28.0. The molecule has 0 saturated carbocycles. The smallest absolute Gasteiger partial charge is 0.183 e. The molecule has 0 saturated heterocycles. The molecule has 0 radical (unpaired) electrons. The SMILES string of the molecule is C#CCCOC(OCCC#C)c1ccc(OCCCCCCCCOCCOC)cc1.COCCOCCCCCCCCOc1ccc(C(OCCc2cn(CCO)nn2)OCCc2cn(CCO)nn2)cc1.[N-]=[N+]=NCCO. The monoisotopic (exact) mass is 1120 g/mol. The fourth-order valence-corrected chi connectivity index (χ4v) is 7.23. The Balaban J connectivity index is 0.000000517. The summed E-state index contributed by atoms with van der Waals surface area (Å²) in [7, 11) is 3.38. The summed E-state index contributed by atoms with van der Waals surface area (Å²) >= 11 is 0. The lowest BCUT2D eigenvalue weighted by Gasteiger charge is -2.19. The maximum absolute atomic E-state index is 9.08. The number of benzene rings is 2. The maximum atomic E-state index is 9.08. The summed E-state index contributed by atoms with van der Waals surface area (Å²) in [6, 6.07) is 15.6. The number of azide groups is 1. The van der Waals surface area contributed by atoms with Crippen LogP contribution in [0.5, 0.6) is 11.5 Å². The van der Waals surface area contributed by atoms with Crippen LogP contribution in [0.4, 0.5) is 0 Å². The maximum Gasteiger partial charge on any atom is 0.183 e. The van der Waals surface area contributed by atoms with Gasteiger partial charge in [0.2, 0.25) is 0 Å². The molecule has 0 aliphatic rings. The van der Waals surface area contributed by atoms with Gasteiger partial charge in [-0.25, -0.2) is 9.36 Å². The Morgan fingerprint density at radius 3 is 1.25 bits per heavy atom. The number of unbranched alkanes of at least 4 members (excludes halogenated alkanes) is 10. The minimum absolute atomic E-state index is 0.00913. The van der Waals surface area contributed by atoms with Crippen molar-refractivity contribution >= 4 is 0 Å². The average molecular weight is 1120 g/mol. The van der Waals surface area contributed by atoms with Crippen LogP contribution in [0, 0.1) is 24.7 Å². The van der Waals surface area contributed by atoms with Crippen LogP contribution in [0.2, 0.25) is 0 Å². The van der Waals surface area contributed by atoms with E-state index in [1.54, 1.807) is 36.0 Å². The molecule has 0 fully saturated rings. The number of aromatic nitrogens is 6. The number of methoxy groups -OCH3 is 2. The average Bonchev–Trinajstić information content (AvgIpc) is 4.15. The van der Waals surface area contributed by atoms with E-state index in [9.17, 15) is 0 Å². The highest BCUT2D eigenvalue weighted by Gasteiger charge is 2.16. The van der Waals surface area contributed by atoms with E-state index in [-0.39, 0.29) is 26.4 Å². The number of nitrogens with zero attached hydrogens (tertiary/aromatic N) is 9. The van der Waals surface area contributed by atoms with Crippen LogP contribution >= 0.6 is 0 Å². The molecule has 0 atom stereocenters. The predicted molar refractivity (Wildman–Crippen MR) is 304 cm³/mol. The van der Waals surface area contributed by atoms with Gasteiger partial charge in [-0.3, -0.25) is 0 Å². The second-order valence-corrected chi connectivity index (χ2v) is 17.9. The molecule has 22 nitrogen and oxygen atoms in total. The van der Waals surface area contributed by atoms with Gasteiger partial charge in [-0.1, -0.05) is 91.2 Å². The molecule has 3 N–H and O–H groups in total. The van der Waals surface area contributed by atoms with E-state index < -0.39 is 12.6 Å². The van der Waals surface area contributed by atoms with Crippen molar-refractivity contribution in [2.24, 2.45) is 5.11 Å². The van der Waals surface area contributed by atoms with Gasteiger partial charge in [0.1, 0.15) is 11.5 Å². The van der Waals surface area contributed by atoms with E-state index in [1.807, 2.05) is 48.5 Å². The molecule has 0 aliphatic carbocycles. The largest absolute Gasteiger partial charge is 0.494 e. The number of hydrogen-bond acceptors (Lipinski definition) is 18. The Hall–Kier alpha value is -5.69. The third kappa shape index (κ3) is 37.3. The Morgan fingerprint density at radius 1 is 0.512 bits per heavy atom. The molecule has 0 amide bonds. The van der Waals surface area contributed by atoms with Crippen LogP contribution in [0.15, 0.2) is 66.0 Å².